The van der Waals surface area contributed by atoms with Gasteiger partial charge in [0.25, 0.3) is 0 Å². The van der Waals surface area contributed by atoms with Crippen molar-refractivity contribution in [1.82, 2.24) is 4.57 Å². The summed E-state index contributed by atoms with van der Waals surface area (Å²) in [6.45, 7) is 2.25. The topological polar surface area (TPSA) is 78.8 Å². The van der Waals surface area contributed by atoms with Crippen molar-refractivity contribution >= 4 is 60.9 Å². The van der Waals surface area contributed by atoms with Crippen LogP contribution in [0.25, 0.3) is 88.8 Å². The number of aromatic nitrogens is 1. The van der Waals surface area contributed by atoms with Gasteiger partial charge in [-0.05, 0) is 95.3 Å². The van der Waals surface area contributed by atoms with Crippen molar-refractivity contribution in [3.05, 3.63) is 144 Å². The van der Waals surface area contributed by atoms with Crippen molar-refractivity contribution in [2.75, 3.05) is 0 Å². The van der Waals surface area contributed by atoms with Crippen LogP contribution < -0.4 is 0 Å². The molecule has 1 unspecified atom stereocenters. The van der Waals surface area contributed by atoms with Gasteiger partial charge in [0.05, 0.1) is 28.4 Å². The number of nitriles is 2. The first-order chi connectivity index (χ1) is 24.6. The summed E-state index contributed by atoms with van der Waals surface area (Å²) in [5.41, 5.74) is 12.5. The molecule has 1 aliphatic carbocycles. The summed E-state index contributed by atoms with van der Waals surface area (Å²) >= 11 is 0. The molecule has 9 aromatic rings. The summed E-state index contributed by atoms with van der Waals surface area (Å²) in [5.74, 6) is 0.442. The average molecular weight is 642 g/mol. The summed E-state index contributed by atoms with van der Waals surface area (Å²) in [4.78, 5) is 0. The van der Waals surface area contributed by atoms with Gasteiger partial charge in [0, 0.05) is 38.2 Å². The number of fused-ring (bicyclic) bond motifs is 10. The second kappa shape index (κ2) is 10.6. The molecular formula is C45H27N3O2. The van der Waals surface area contributed by atoms with Gasteiger partial charge < -0.3 is 13.4 Å². The number of nitrogens with zero attached hydrogens (tertiary/aromatic N) is 3. The van der Waals surface area contributed by atoms with Gasteiger partial charge in [-0.2, -0.15) is 10.5 Å². The molecule has 0 saturated heterocycles. The molecule has 1 atom stereocenters. The van der Waals surface area contributed by atoms with E-state index >= 15 is 0 Å². The van der Waals surface area contributed by atoms with Gasteiger partial charge >= 0.3 is 0 Å². The number of hydrogen-bond donors (Lipinski definition) is 0. The van der Waals surface area contributed by atoms with Crippen LogP contribution in [0.5, 0.6) is 0 Å². The SMILES string of the molecule is CC1C=Cc2c(c3ccccc3n2-c2c(C#N)cccc2-c2ccc3oc4ccc5oc6ccc(-c7ccccc7C#N)cc6c5c4c3c2)C1. The van der Waals surface area contributed by atoms with Gasteiger partial charge in [-0.15, -0.1) is 0 Å². The first kappa shape index (κ1) is 28.2. The van der Waals surface area contributed by atoms with Gasteiger partial charge in [-0.1, -0.05) is 73.7 Å². The molecule has 0 bridgehead atoms. The van der Waals surface area contributed by atoms with Gasteiger partial charge in [-0.3, -0.25) is 0 Å². The smallest absolute Gasteiger partial charge is 0.136 e. The summed E-state index contributed by atoms with van der Waals surface area (Å²) in [7, 11) is 0. The monoisotopic (exact) mass is 641 g/mol. The van der Waals surface area contributed by atoms with Gasteiger partial charge in [-0.25, -0.2) is 0 Å². The van der Waals surface area contributed by atoms with Crippen molar-refractivity contribution < 1.29 is 8.83 Å². The van der Waals surface area contributed by atoms with E-state index in [4.69, 9.17) is 8.83 Å². The molecule has 10 rings (SSSR count). The third-order valence-corrected chi connectivity index (χ3v) is 10.2. The first-order valence-electron chi connectivity index (χ1n) is 16.8. The molecule has 0 saturated carbocycles. The molecule has 1 aliphatic rings. The third kappa shape index (κ3) is 3.98. The predicted octanol–water partition coefficient (Wildman–Crippen LogP) is 11.7. The molecule has 0 aliphatic heterocycles. The standard InChI is InChI=1S/C45H27N3O2/c1-26-13-16-38-34(21-26)33-10-4-5-12-37(33)48(38)45-30(25-47)8-6-11-32(45)28-15-18-40-36(23-28)44-42(50-40)20-19-41-43(44)35-22-27(14-17-39(35)49-41)31-9-3-2-7-29(31)24-46/h2-20,22-23,26H,21H2,1H3. The number of allylic oxidation sites excluding steroid dienone is 1. The zero-order valence-corrected chi connectivity index (χ0v) is 27.1. The van der Waals surface area contributed by atoms with Crippen LogP contribution in [0, 0.1) is 28.6 Å². The van der Waals surface area contributed by atoms with E-state index in [-0.39, 0.29) is 0 Å². The Morgan fingerprint density at radius 1 is 0.620 bits per heavy atom. The zero-order valence-electron chi connectivity index (χ0n) is 27.1. The molecule has 6 aromatic carbocycles. The molecule has 0 radical (unpaired) electrons. The largest absolute Gasteiger partial charge is 0.456 e. The van der Waals surface area contributed by atoms with Gasteiger partial charge in [0.1, 0.15) is 28.4 Å². The van der Waals surface area contributed by atoms with Crippen LogP contribution in [-0.2, 0) is 6.42 Å². The second-order valence-corrected chi connectivity index (χ2v) is 13.2. The van der Waals surface area contributed by atoms with E-state index in [1.165, 1.54) is 10.9 Å². The molecular weight excluding hydrogens is 615 g/mol. The molecule has 0 amide bonds. The molecule has 5 nitrogen and oxygen atoms in total. The van der Waals surface area contributed by atoms with Crippen LogP contribution >= 0.6 is 0 Å². The van der Waals surface area contributed by atoms with Gasteiger partial charge in [0.15, 0.2) is 0 Å². The number of para-hydroxylation sites is 2. The number of rotatable bonds is 3. The summed E-state index contributed by atoms with van der Waals surface area (Å²) in [6.07, 6.45) is 5.44. The van der Waals surface area contributed by atoms with Crippen molar-refractivity contribution in [2.24, 2.45) is 5.92 Å². The normalized spacial score (nSPS) is 14.1. The maximum absolute atomic E-state index is 10.5. The highest BCUT2D eigenvalue weighted by Crippen LogP contribution is 2.44. The first-order valence-corrected chi connectivity index (χ1v) is 16.8. The Kier molecular flexibility index (Phi) is 5.98. The van der Waals surface area contributed by atoms with E-state index in [0.717, 1.165) is 89.4 Å². The van der Waals surface area contributed by atoms with Crippen LogP contribution in [0.3, 0.4) is 0 Å². The highest BCUT2D eigenvalue weighted by molar-refractivity contribution is 6.26. The summed E-state index contributed by atoms with van der Waals surface area (Å²) in [5, 5.41) is 25.4. The molecule has 0 N–H and O–H groups in total. The number of benzene rings is 6. The van der Waals surface area contributed by atoms with Crippen LogP contribution in [0.2, 0.25) is 0 Å². The Bertz CT molecular complexity index is 3010. The zero-order chi connectivity index (χ0) is 33.5. The second-order valence-electron chi connectivity index (χ2n) is 13.2. The number of hydrogen-bond acceptors (Lipinski definition) is 4. The van der Waals surface area contributed by atoms with Crippen molar-refractivity contribution in [1.29, 1.82) is 10.5 Å². The van der Waals surface area contributed by atoms with Crippen LogP contribution in [0.4, 0.5) is 0 Å². The minimum atomic E-state index is 0.442. The van der Waals surface area contributed by atoms with Gasteiger partial charge in [0.2, 0.25) is 0 Å². The van der Waals surface area contributed by atoms with E-state index in [2.05, 4.69) is 84.3 Å². The third-order valence-electron chi connectivity index (χ3n) is 10.2. The number of furan rings is 2. The fourth-order valence-corrected chi connectivity index (χ4v) is 8.01. The predicted molar refractivity (Wildman–Crippen MR) is 200 cm³/mol. The van der Waals surface area contributed by atoms with Crippen LogP contribution in [-0.4, -0.2) is 4.57 Å². The highest BCUT2D eigenvalue weighted by Gasteiger charge is 2.25. The van der Waals surface area contributed by atoms with Crippen molar-refractivity contribution in [3.8, 4) is 40.1 Å². The fraction of sp³-hybridized carbons (Fsp3) is 0.0667. The Morgan fingerprint density at radius 2 is 1.22 bits per heavy atom. The Balaban J connectivity index is 1.24. The molecule has 0 fully saturated rings. The lowest BCUT2D eigenvalue weighted by molar-refractivity contribution is 0.663. The average Bonchev–Trinajstić information content (AvgIpc) is 3.82. The molecule has 0 spiro atoms. The van der Waals surface area contributed by atoms with E-state index in [9.17, 15) is 10.5 Å². The van der Waals surface area contributed by atoms with Crippen molar-refractivity contribution in [3.63, 3.8) is 0 Å². The molecule has 234 valence electrons. The molecule has 3 aromatic heterocycles. The maximum atomic E-state index is 10.5. The lowest BCUT2D eigenvalue weighted by atomic mass is 9.93. The Labute approximate surface area is 287 Å². The lowest BCUT2D eigenvalue weighted by Gasteiger charge is -2.19. The van der Waals surface area contributed by atoms with Crippen molar-refractivity contribution in [2.45, 2.75) is 13.3 Å². The van der Waals surface area contributed by atoms with Crippen LogP contribution in [0.1, 0.15) is 29.3 Å². The highest BCUT2D eigenvalue weighted by atomic mass is 16.3. The van der Waals surface area contributed by atoms with Crippen LogP contribution in [0.15, 0.2) is 130 Å². The molecule has 3 heterocycles. The molecule has 5 heteroatoms. The fourth-order valence-electron chi connectivity index (χ4n) is 8.01. The lowest BCUT2D eigenvalue weighted by Crippen LogP contribution is -2.07. The quantitative estimate of drug-likeness (QED) is 0.192. The maximum Gasteiger partial charge on any atom is 0.136 e. The van der Waals surface area contributed by atoms with E-state index in [1.54, 1.807) is 0 Å². The summed E-state index contributed by atoms with van der Waals surface area (Å²) < 4.78 is 15.1. The Morgan fingerprint density at radius 3 is 1.94 bits per heavy atom. The summed E-state index contributed by atoms with van der Waals surface area (Å²) in [6, 6.07) is 43.3. The minimum absolute atomic E-state index is 0.442. The Hall–Kier alpha value is -6.82. The van der Waals surface area contributed by atoms with E-state index < -0.39 is 0 Å². The van der Waals surface area contributed by atoms with E-state index in [1.807, 2.05) is 66.7 Å². The van der Waals surface area contributed by atoms with E-state index in [0.29, 0.717) is 17.0 Å². The molecule has 50 heavy (non-hydrogen) atoms. The minimum Gasteiger partial charge on any atom is -0.456 e.